The van der Waals surface area contributed by atoms with Gasteiger partial charge in [-0.05, 0) is 35.9 Å². The second kappa shape index (κ2) is 9.62. The highest BCUT2D eigenvalue weighted by molar-refractivity contribution is 9.10. The Morgan fingerprint density at radius 3 is 2.23 bits per heavy atom. The molecular formula is C21H19BrFN3O4. The van der Waals surface area contributed by atoms with Crippen LogP contribution in [-0.2, 0) is 16.0 Å². The molecule has 2 N–H and O–H groups in total. The summed E-state index contributed by atoms with van der Waals surface area (Å²) in [6.45, 7) is 0.419. The summed E-state index contributed by atoms with van der Waals surface area (Å²) in [5, 5.41) is 5.29. The molecule has 0 radical (unpaired) electrons. The van der Waals surface area contributed by atoms with Crippen molar-refractivity contribution >= 4 is 39.6 Å². The third kappa shape index (κ3) is 5.29. The van der Waals surface area contributed by atoms with Crippen molar-refractivity contribution < 1.29 is 23.6 Å². The standard InChI is InChI=1S/C21H19BrFN3O4/c22-14-3-6-16-17(12-14)21(30)26(20(16)29)10-7-18(27)24-8-9-25-19(28)11-13-1-4-15(23)5-2-13/h1-6,12H,7-11H2,(H,24,27)(H,25,28). The quantitative estimate of drug-likeness (QED) is 0.451. The zero-order chi connectivity index (χ0) is 21.7. The van der Waals surface area contributed by atoms with Gasteiger partial charge in [-0.3, -0.25) is 24.1 Å². The predicted molar refractivity (Wildman–Crippen MR) is 110 cm³/mol. The Hall–Kier alpha value is -3.07. The first-order valence-corrected chi connectivity index (χ1v) is 10.1. The van der Waals surface area contributed by atoms with Crippen LogP contribution in [0.15, 0.2) is 46.9 Å². The van der Waals surface area contributed by atoms with E-state index in [9.17, 15) is 23.6 Å². The highest BCUT2D eigenvalue weighted by atomic mass is 79.9. The zero-order valence-electron chi connectivity index (χ0n) is 15.9. The van der Waals surface area contributed by atoms with Crippen LogP contribution in [-0.4, -0.2) is 48.2 Å². The van der Waals surface area contributed by atoms with Crippen molar-refractivity contribution in [2.45, 2.75) is 12.8 Å². The molecule has 0 saturated carbocycles. The number of amides is 4. The molecule has 7 nitrogen and oxygen atoms in total. The molecule has 0 unspecified atom stereocenters. The Kier molecular flexibility index (Phi) is 6.94. The van der Waals surface area contributed by atoms with Crippen LogP contribution in [0.4, 0.5) is 4.39 Å². The lowest BCUT2D eigenvalue weighted by Crippen LogP contribution is -2.38. The smallest absolute Gasteiger partial charge is 0.261 e. The maximum atomic E-state index is 12.9. The molecule has 1 heterocycles. The Morgan fingerprint density at radius 2 is 1.53 bits per heavy atom. The van der Waals surface area contributed by atoms with E-state index in [0.717, 1.165) is 4.90 Å². The number of carbonyl (C=O) groups excluding carboxylic acids is 4. The maximum Gasteiger partial charge on any atom is 0.261 e. The summed E-state index contributed by atoms with van der Waals surface area (Å²) < 4.78 is 13.6. The topological polar surface area (TPSA) is 95.6 Å². The van der Waals surface area contributed by atoms with Gasteiger partial charge in [-0.15, -0.1) is 0 Å². The van der Waals surface area contributed by atoms with Crippen molar-refractivity contribution in [1.82, 2.24) is 15.5 Å². The monoisotopic (exact) mass is 475 g/mol. The van der Waals surface area contributed by atoms with E-state index in [1.54, 1.807) is 18.2 Å². The molecule has 0 bridgehead atoms. The van der Waals surface area contributed by atoms with Gasteiger partial charge >= 0.3 is 0 Å². The second-order valence-corrected chi connectivity index (χ2v) is 7.62. The van der Waals surface area contributed by atoms with Gasteiger partial charge in [-0.2, -0.15) is 0 Å². The predicted octanol–water partition coefficient (Wildman–Crippen LogP) is 2.05. The number of halogens is 2. The van der Waals surface area contributed by atoms with Crippen LogP contribution in [0.5, 0.6) is 0 Å². The normalized spacial score (nSPS) is 12.7. The number of benzene rings is 2. The molecule has 2 aromatic rings. The van der Waals surface area contributed by atoms with E-state index in [-0.39, 0.29) is 50.1 Å². The van der Waals surface area contributed by atoms with Crippen LogP contribution in [0.2, 0.25) is 0 Å². The summed E-state index contributed by atoms with van der Waals surface area (Å²) in [4.78, 5) is 49.6. The van der Waals surface area contributed by atoms with Crippen molar-refractivity contribution in [3.63, 3.8) is 0 Å². The first-order chi connectivity index (χ1) is 14.3. The number of nitrogens with one attached hydrogen (secondary N) is 2. The number of hydrogen-bond acceptors (Lipinski definition) is 4. The summed E-state index contributed by atoms with van der Waals surface area (Å²) in [5.41, 5.74) is 1.33. The van der Waals surface area contributed by atoms with E-state index >= 15 is 0 Å². The number of fused-ring (bicyclic) bond motifs is 1. The number of hydrogen-bond donors (Lipinski definition) is 2. The fourth-order valence-electron chi connectivity index (χ4n) is 3.02. The molecule has 30 heavy (non-hydrogen) atoms. The third-order valence-corrected chi connectivity index (χ3v) is 5.04. The van der Waals surface area contributed by atoms with Gasteiger partial charge in [0.2, 0.25) is 11.8 Å². The molecule has 0 saturated heterocycles. The molecule has 0 aliphatic carbocycles. The zero-order valence-corrected chi connectivity index (χ0v) is 17.5. The first kappa shape index (κ1) is 21.6. The van der Waals surface area contributed by atoms with E-state index < -0.39 is 11.8 Å². The van der Waals surface area contributed by atoms with Gasteiger partial charge < -0.3 is 10.6 Å². The van der Waals surface area contributed by atoms with Gasteiger partial charge in [-0.1, -0.05) is 28.1 Å². The summed E-state index contributed by atoms with van der Waals surface area (Å²) in [6.07, 6.45) is 0.0836. The average Bonchev–Trinajstić information content (AvgIpc) is 2.95. The molecule has 3 rings (SSSR count). The number of rotatable bonds is 8. The Labute approximate surface area is 180 Å². The van der Waals surface area contributed by atoms with Crippen LogP contribution in [0.1, 0.15) is 32.7 Å². The van der Waals surface area contributed by atoms with E-state index in [0.29, 0.717) is 21.2 Å². The SMILES string of the molecule is O=C(CCN1C(=O)c2ccc(Br)cc2C1=O)NCCNC(=O)Cc1ccc(F)cc1. The van der Waals surface area contributed by atoms with Crippen molar-refractivity contribution in [1.29, 1.82) is 0 Å². The Bertz CT molecular complexity index is 994. The molecule has 1 aliphatic rings. The van der Waals surface area contributed by atoms with Crippen molar-refractivity contribution in [3.8, 4) is 0 Å². The summed E-state index contributed by atoms with van der Waals surface area (Å²) in [5.74, 6) is -1.77. The second-order valence-electron chi connectivity index (χ2n) is 6.70. The average molecular weight is 476 g/mol. The molecule has 1 aliphatic heterocycles. The van der Waals surface area contributed by atoms with Gasteiger partial charge in [0.05, 0.1) is 17.5 Å². The molecule has 2 aromatic carbocycles. The van der Waals surface area contributed by atoms with E-state index in [1.165, 1.54) is 24.3 Å². The van der Waals surface area contributed by atoms with Crippen molar-refractivity contribution in [3.05, 3.63) is 69.4 Å². The lowest BCUT2D eigenvalue weighted by molar-refractivity contribution is -0.122. The van der Waals surface area contributed by atoms with Crippen LogP contribution >= 0.6 is 15.9 Å². The van der Waals surface area contributed by atoms with Crippen molar-refractivity contribution in [2.24, 2.45) is 0 Å². The van der Waals surface area contributed by atoms with Crippen molar-refractivity contribution in [2.75, 3.05) is 19.6 Å². The Morgan fingerprint density at radius 1 is 0.900 bits per heavy atom. The molecule has 4 amide bonds. The molecule has 9 heteroatoms. The minimum atomic E-state index is -0.419. The number of carbonyl (C=O) groups is 4. The third-order valence-electron chi connectivity index (χ3n) is 4.54. The summed E-state index contributed by atoms with van der Waals surface area (Å²) >= 11 is 3.27. The Balaban J connectivity index is 1.36. The largest absolute Gasteiger partial charge is 0.354 e. The van der Waals surface area contributed by atoms with Gasteiger partial charge in [0.25, 0.3) is 11.8 Å². The van der Waals surface area contributed by atoms with E-state index in [2.05, 4.69) is 26.6 Å². The first-order valence-electron chi connectivity index (χ1n) is 9.29. The highest BCUT2D eigenvalue weighted by Gasteiger charge is 2.35. The molecule has 0 spiro atoms. The summed E-state index contributed by atoms with van der Waals surface area (Å²) in [6, 6.07) is 10.5. The van der Waals surface area contributed by atoms with E-state index in [4.69, 9.17) is 0 Å². The van der Waals surface area contributed by atoms with Gasteiger partial charge in [0, 0.05) is 30.5 Å². The molecule has 156 valence electrons. The fourth-order valence-corrected chi connectivity index (χ4v) is 3.38. The van der Waals surface area contributed by atoms with Crippen LogP contribution in [0.3, 0.4) is 0 Å². The van der Waals surface area contributed by atoms with Crippen LogP contribution in [0.25, 0.3) is 0 Å². The number of nitrogens with zero attached hydrogens (tertiary/aromatic N) is 1. The molecule has 0 fully saturated rings. The van der Waals surface area contributed by atoms with Crippen LogP contribution in [0, 0.1) is 5.82 Å². The molecule has 0 atom stereocenters. The molecular weight excluding hydrogens is 457 g/mol. The minimum absolute atomic E-state index is 0.0211. The lowest BCUT2D eigenvalue weighted by atomic mass is 10.1. The van der Waals surface area contributed by atoms with Gasteiger partial charge in [0.15, 0.2) is 0 Å². The lowest BCUT2D eigenvalue weighted by Gasteiger charge is -2.13. The van der Waals surface area contributed by atoms with Gasteiger partial charge in [0.1, 0.15) is 5.82 Å². The van der Waals surface area contributed by atoms with E-state index in [1.807, 2.05) is 0 Å². The fraction of sp³-hybridized carbons (Fsp3) is 0.238. The maximum absolute atomic E-state index is 12.9. The summed E-state index contributed by atoms with van der Waals surface area (Å²) in [7, 11) is 0. The number of imide groups is 1. The molecule has 0 aromatic heterocycles. The van der Waals surface area contributed by atoms with Gasteiger partial charge in [-0.25, -0.2) is 4.39 Å². The minimum Gasteiger partial charge on any atom is -0.354 e. The highest BCUT2D eigenvalue weighted by Crippen LogP contribution is 2.26. The van der Waals surface area contributed by atoms with Crippen LogP contribution < -0.4 is 10.6 Å².